The van der Waals surface area contributed by atoms with E-state index >= 15 is 0 Å². The Kier molecular flexibility index (Phi) is 7.07. The first-order valence-corrected chi connectivity index (χ1v) is 11.0. The molecule has 7 heteroatoms. The quantitative estimate of drug-likeness (QED) is 0.568. The summed E-state index contributed by atoms with van der Waals surface area (Å²) in [6.07, 6.45) is 3.57. The molecule has 32 heavy (non-hydrogen) atoms. The number of piperidine rings is 1. The summed E-state index contributed by atoms with van der Waals surface area (Å²) in [7, 11) is 3.30. The number of rotatable bonds is 8. The van der Waals surface area contributed by atoms with Gasteiger partial charge in [-0.3, -0.25) is 9.69 Å². The Morgan fingerprint density at radius 3 is 2.53 bits per heavy atom. The molecule has 0 radical (unpaired) electrons. The standard InChI is InChI=1S/C25H29N3O4/c1-30-19-12-10-18(11-13-19)24-16-21(27-32-24)25(29)26-17-22(28-14-6-3-7-15-28)20-8-4-5-9-23(20)31-2/h4-5,8-13,16,22H,3,6-7,14-15,17H2,1-2H3,(H,26,29)/t22-/m1/s1. The molecule has 1 atom stereocenters. The van der Waals surface area contributed by atoms with Crippen molar-refractivity contribution in [3.63, 3.8) is 0 Å². The molecule has 0 unspecified atom stereocenters. The average Bonchev–Trinajstić information content (AvgIpc) is 3.35. The van der Waals surface area contributed by atoms with E-state index in [-0.39, 0.29) is 17.6 Å². The molecule has 1 amide bonds. The average molecular weight is 436 g/mol. The fourth-order valence-electron chi connectivity index (χ4n) is 4.16. The van der Waals surface area contributed by atoms with Crippen molar-refractivity contribution in [1.29, 1.82) is 0 Å². The largest absolute Gasteiger partial charge is 0.497 e. The molecular weight excluding hydrogens is 406 g/mol. The molecule has 1 aliphatic rings. The Morgan fingerprint density at radius 1 is 1.06 bits per heavy atom. The predicted octanol–water partition coefficient (Wildman–Crippen LogP) is 4.32. The van der Waals surface area contributed by atoms with Gasteiger partial charge in [0.25, 0.3) is 5.91 Å². The first-order chi connectivity index (χ1) is 15.7. The molecule has 2 heterocycles. The number of methoxy groups -OCH3 is 2. The molecule has 0 bridgehead atoms. The molecule has 1 aromatic heterocycles. The van der Waals surface area contributed by atoms with Crippen LogP contribution in [0.5, 0.6) is 11.5 Å². The third-order valence-electron chi connectivity index (χ3n) is 5.90. The van der Waals surface area contributed by atoms with Crippen LogP contribution in [0.1, 0.15) is 41.4 Å². The lowest BCUT2D eigenvalue weighted by Crippen LogP contribution is -2.40. The van der Waals surface area contributed by atoms with Gasteiger partial charge >= 0.3 is 0 Å². The van der Waals surface area contributed by atoms with E-state index < -0.39 is 0 Å². The molecule has 168 valence electrons. The van der Waals surface area contributed by atoms with Crippen LogP contribution in [0.2, 0.25) is 0 Å². The SMILES string of the molecule is COc1ccc(-c2cc(C(=O)NC[C@H](c3ccccc3OC)N3CCCCC3)no2)cc1. The zero-order chi connectivity index (χ0) is 22.3. The van der Waals surface area contributed by atoms with E-state index in [1.165, 1.54) is 6.42 Å². The van der Waals surface area contributed by atoms with E-state index in [0.717, 1.165) is 48.6 Å². The number of para-hydroxylation sites is 1. The van der Waals surface area contributed by atoms with Gasteiger partial charge in [0.15, 0.2) is 11.5 Å². The van der Waals surface area contributed by atoms with Gasteiger partial charge in [-0.15, -0.1) is 0 Å². The second kappa shape index (κ2) is 10.3. The summed E-state index contributed by atoms with van der Waals surface area (Å²) in [6.45, 7) is 2.47. The number of hydrogen-bond acceptors (Lipinski definition) is 6. The Balaban J connectivity index is 1.48. The lowest BCUT2D eigenvalue weighted by molar-refractivity contribution is 0.0914. The molecule has 0 saturated carbocycles. The summed E-state index contributed by atoms with van der Waals surface area (Å²) < 4.78 is 16.2. The van der Waals surface area contributed by atoms with E-state index in [2.05, 4.69) is 21.4 Å². The van der Waals surface area contributed by atoms with Crippen LogP contribution >= 0.6 is 0 Å². The lowest BCUT2D eigenvalue weighted by atomic mass is 10.0. The summed E-state index contributed by atoms with van der Waals surface area (Å²) >= 11 is 0. The lowest BCUT2D eigenvalue weighted by Gasteiger charge is -2.35. The number of likely N-dealkylation sites (tertiary alicyclic amines) is 1. The first-order valence-electron chi connectivity index (χ1n) is 11.0. The molecule has 7 nitrogen and oxygen atoms in total. The highest BCUT2D eigenvalue weighted by Crippen LogP contribution is 2.31. The van der Waals surface area contributed by atoms with E-state index in [4.69, 9.17) is 14.0 Å². The summed E-state index contributed by atoms with van der Waals surface area (Å²) in [5, 5.41) is 7.03. The maximum atomic E-state index is 12.9. The first kappa shape index (κ1) is 21.9. The highest BCUT2D eigenvalue weighted by Gasteiger charge is 2.26. The number of ether oxygens (including phenoxy) is 2. The maximum Gasteiger partial charge on any atom is 0.273 e. The van der Waals surface area contributed by atoms with Crippen LogP contribution in [-0.4, -0.2) is 49.8 Å². The fourth-order valence-corrected chi connectivity index (χ4v) is 4.16. The zero-order valence-electron chi connectivity index (χ0n) is 18.5. The number of benzene rings is 2. The summed E-state index contributed by atoms with van der Waals surface area (Å²) in [4.78, 5) is 15.3. The molecule has 1 aliphatic heterocycles. The third-order valence-corrected chi connectivity index (χ3v) is 5.90. The maximum absolute atomic E-state index is 12.9. The van der Waals surface area contributed by atoms with Crippen molar-refractivity contribution in [2.45, 2.75) is 25.3 Å². The van der Waals surface area contributed by atoms with Crippen molar-refractivity contribution in [2.75, 3.05) is 33.9 Å². The molecule has 4 rings (SSSR count). The van der Waals surface area contributed by atoms with Crippen LogP contribution in [0.4, 0.5) is 0 Å². The van der Waals surface area contributed by atoms with E-state index in [0.29, 0.717) is 12.3 Å². The number of carbonyl (C=O) groups excluding carboxylic acids is 1. The van der Waals surface area contributed by atoms with E-state index in [1.54, 1.807) is 20.3 Å². The monoisotopic (exact) mass is 435 g/mol. The zero-order valence-corrected chi connectivity index (χ0v) is 18.5. The van der Waals surface area contributed by atoms with Crippen LogP contribution in [0.15, 0.2) is 59.1 Å². The van der Waals surface area contributed by atoms with Gasteiger partial charge in [0.1, 0.15) is 11.5 Å². The highest BCUT2D eigenvalue weighted by atomic mass is 16.5. The van der Waals surface area contributed by atoms with Gasteiger partial charge in [-0.2, -0.15) is 0 Å². The molecular formula is C25H29N3O4. The normalized spacial score (nSPS) is 15.2. The summed E-state index contributed by atoms with van der Waals surface area (Å²) in [5.74, 6) is 1.87. The van der Waals surface area contributed by atoms with Gasteiger partial charge < -0.3 is 19.3 Å². The summed E-state index contributed by atoms with van der Waals surface area (Å²) in [5.41, 5.74) is 2.17. The van der Waals surface area contributed by atoms with Gasteiger partial charge in [0, 0.05) is 23.7 Å². The molecule has 2 aromatic carbocycles. The van der Waals surface area contributed by atoms with Crippen molar-refractivity contribution in [1.82, 2.24) is 15.4 Å². The van der Waals surface area contributed by atoms with Crippen LogP contribution < -0.4 is 14.8 Å². The van der Waals surface area contributed by atoms with Crippen molar-refractivity contribution >= 4 is 5.91 Å². The van der Waals surface area contributed by atoms with Gasteiger partial charge in [0.05, 0.1) is 20.3 Å². The minimum atomic E-state index is -0.259. The Hall–Kier alpha value is -3.32. The smallest absolute Gasteiger partial charge is 0.273 e. The number of carbonyl (C=O) groups is 1. The second-order valence-electron chi connectivity index (χ2n) is 7.87. The number of hydrogen-bond donors (Lipinski definition) is 1. The number of nitrogens with zero attached hydrogens (tertiary/aromatic N) is 2. The van der Waals surface area contributed by atoms with Crippen LogP contribution in [0.25, 0.3) is 11.3 Å². The van der Waals surface area contributed by atoms with Crippen molar-refractivity contribution in [3.8, 4) is 22.8 Å². The number of aromatic nitrogens is 1. The topological polar surface area (TPSA) is 76.8 Å². The molecule has 0 spiro atoms. The Morgan fingerprint density at radius 2 is 1.81 bits per heavy atom. The van der Waals surface area contributed by atoms with Gasteiger partial charge in [-0.25, -0.2) is 0 Å². The molecule has 0 aliphatic carbocycles. The van der Waals surface area contributed by atoms with Crippen molar-refractivity contribution in [2.24, 2.45) is 0 Å². The van der Waals surface area contributed by atoms with Gasteiger partial charge in [-0.05, 0) is 56.3 Å². The minimum absolute atomic E-state index is 0.0309. The van der Waals surface area contributed by atoms with Crippen molar-refractivity contribution in [3.05, 3.63) is 65.9 Å². The van der Waals surface area contributed by atoms with Gasteiger partial charge in [-0.1, -0.05) is 29.8 Å². The summed E-state index contributed by atoms with van der Waals surface area (Å²) in [6, 6.07) is 17.1. The van der Waals surface area contributed by atoms with E-state index in [9.17, 15) is 4.79 Å². The van der Waals surface area contributed by atoms with Crippen molar-refractivity contribution < 1.29 is 18.8 Å². The van der Waals surface area contributed by atoms with Crippen LogP contribution in [0.3, 0.4) is 0 Å². The Bertz CT molecular complexity index is 1030. The molecule has 1 N–H and O–H groups in total. The van der Waals surface area contributed by atoms with E-state index in [1.807, 2.05) is 42.5 Å². The molecule has 1 fully saturated rings. The predicted molar refractivity (Wildman–Crippen MR) is 122 cm³/mol. The number of amides is 1. The fraction of sp³-hybridized carbons (Fsp3) is 0.360. The second-order valence-corrected chi connectivity index (χ2v) is 7.87. The van der Waals surface area contributed by atoms with Gasteiger partial charge in [0.2, 0.25) is 0 Å². The third kappa shape index (κ3) is 4.94. The minimum Gasteiger partial charge on any atom is -0.497 e. The highest BCUT2D eigenvalue weighted by molar-refractivity contribution is 5.93. The molecule has 1 saturated heterocycles. The van der Waals surface area contributed by atoms with Crippen LogP contribution in [-0.2, 0) is 0 Å². The molecule has 3 aromatic rings. The Labute approximate surface area is 188 Å². The van der Waals surface area contributed by atoms with Crippen LogP contribution in [0, 0.1) is 0 Å². The number of nitrogens with one attached hydrogen (secondary N) is 1.